The van der Waals surface area contributed by atoms with Gasteiger partial charge in [-0.2, -0.15) is 0 Å². The van der Waals surface area contributed by atoms with Gasteiger partial charge in [-0.1, -0.05) is 295 Å². The van der Waals surface area contributed by atoms with Crippen LogP contribution in [-0.2, 0) is 81.6 Å². The quantitative estimate of drug-likeness (QED) is 0.0584. The molecule has 0 radical (unpaired) electrons. The summed E-state index contributed by atoms with van der Waals surface area (Å²) in [5.41, 5.74) is 9.95. The van der Waals surface area contributed by atoms with Crippen LogP contribution in [0, 0.1) is 0 Å². The Morgan fingerprint density at radius 2 is 0.336 bits per heavy atom. The van der Waals surface area contributed by atoms with Crippen molar-refractivity contribution >= 4 is 76.0 Å². The van der Waals surface area contributed by atoms with Crippen molar-refractivity contribution in [1.29, 1.82) is 0 Å². The van der Waals surface area contributed by atoms with Crippen LogP contribution in [0.5, 0.6) is 57.5 Å². The molecule has 6 aliphatic rings. The van der Waals surface area contributed by atoms with Crippen molar-refractivity contribution in [3.05, 3.63) is 406 Å². The van der Waals surface area contributed by atoms with Gasteiger partial charge >= 0.3 is 0 Å². The first kappa shape index (κ1) is 83.5. The van der Waals surface area contributed by atoms with Crippen molar-refractivity contribution in [1.82, 2.24) is 0 Å². The molecule has 6 atom stereocenters. The highest BCUT2D eigenvalue weighted by atomic mass is 31.2. The zero-order chi connectivity index (χ0) is 89.9. The van der Waals surface area contributed by atoms with E-state index in [9.17, 15) is 20.4 Å². The Bertz CT molecular complexity index is 7140. The fourth-order valence-electron chi connectivity index (χ4n) is 19.9. The van der Waals surface area contributed by atoms with Gasteiger partial charge in [0.2, 0.25) is 0 Å². The minimum Gasteiger partial charge on any atom is -0.507 e. The van der Waals surface area contributed by atoms with E-state index in [1.165, 1.54) is 0 Å². The molecule has 0 bridgehead atoms. The highest BCUT2D eigenvalue weighted by Gasteiger charge is 2.47. The van der Waals surface area contributed by atoms with Crippen LogP contribution in [0.1, 0.15) is 94.5 Å². The first-order chi connectivity index (χ1) is 63.2. The minimum atomic E-state index is -4.12. The molecule has 22 heteroatoms. The van der Waals surface area contributed by atoms with Crippen LogP contribution in [0.25, 0.3) is 66.8 Å². The lowest BCUT2D eigenvalue weighted by molar-refractivity contribution is 0.451. The van der Waals surface area contributed by atoms with Crippen molar-refractivity contribution in [3.63, 3.8) is 0 Å². The van der Waals surface area contributed by atoms with Crippen molar-refractivity contribution in [3.8, 4) is 124 Å². The Kier molecular flexibility index (Phi) is 20.0. The van der Waals surface area contributed by atoms with Crippen LogP contribution in [0.4, 0.5) is 0 Å². The summed E-state index contributed by atoms with van der Waals surface area (Å²) >= 11 is 0. The molecular weight excluding hydrogens is 1750 g/mol. The van der Waals surface area contributed by atoms with Gasteiger partial charge in [0, 0.05) is 84.0 Å². The standard InChI is InChI=1S/C109H86O16P6/c1-108(2,78-58-72(64-128(116)100-49-25-13-37-88(100)82-31-7-19-43-94(82)122-128)106(112)73(59-78)65-129(117)101-50-26-14-38-89(101)83-32-8-20-44-95(83)123-129)76-54-68(104(110)70(56-76)62-126(114)98-47-23-11-35-86(98)80-29-5-17-41-92(80)120-126)53-69-55-77(57-71(105(69)111)63-127(115)99-48-24-12-36-87(99)81-30-6-18-42-93(81)121-127)109(3,4)79-60-74(66-130(118)102-51-27-15-39-90(102)84-33-9-21-45-96(84)124-130)107(113)75(61-79)67-131(119)103-52-28-16-40-91(103)85-34-10-22-46-97(85)125-131/h5-52,54-61,110-113H,53,62-67H2,1-4H3. The molecule has 0 amide bonds. The summed E-state index contributed by atoms with van der Waals surface area (Å²) in [6, 6.07) is 103. The molecule has 6 aliphatic heterocycles. The number of hydrogen-bond donors (Lipinski definition) is 4. The second-order valence-corrected chi connectivity index (χ2v) is 49.6. The molecule has 16 aromatic rings. The second kappa shape index (κ2) is 31.3. The van der Waals surface area contributed by atoms with Gasteiger partial charge in [0.25, 0.3) is 44.2 Å². The van der Waals surface area contributed by atoms with Gasteiger partial charge < -0.3 is 47.6 Å². The van der Waals surface area contributed by atoms with Crippen LogP contribution in [0.3, 0.4) is 0 Å². The molecule has 131 heavy (non-hydrogen) atoms. The van der Waals surface area contributed by atoms with Crippen LogP contribution in [0.2, 0.25) is 0 Å². The summed E-state index contributed by atoms with van der Waals surface area (Å²) < 4.78 is 139. The van der Waals surface area contributed by atoms with E-state index in [2.05, 4.69) is 0 Å². The molecular formula is C109H86O16P6. The third-order valence-corrected chi connectivity index (χ3v) is 41.0. The van der Waals surface area contributed by atoms with E-state index in [1.807, 2.05) is 222 Å². The van der Waals surface area contributed by atoms with Crippen molar-refractivity contribution in [2.75, 3.05) is 0 Å². The normalized spacial score (nSPS) is 20.1. The number of phenolic OH excluding ortho intramolecular Hbond substituents is 4. The molecule has 0 aromatic heterocycles. The van der Waals surface area contributed by atoms with E-state index in [0.29, 0.717) is 122 Å². The number of benzene rings is 16. The van der Waals surface area contributed by atoms with Crippen LogP contribution in [0.15, 0.2) is 340 Å². The maximum Gasteiger partial charge on any atom is 0.282 e. The molecule has 0 spiro atoms. The molecule has 0 saturated heterocycles. The van der Waals surface area contributed by atoms with Gasteiger partial charge in [-0.05, 0) is 140 Å². The fraction of sp³-hybridized carbons (Fsp3) is 0.119. The van der Waals surface area contributed by atoms with Crippen LogP contribution < -0.4 is 59.0 Å². The van der Waals surface area contributed by atoms with E-state index >= 15 is 27.4 Å². The molecule has 16 aromatic carbocycles. The Labute approximate surface area is 758 Å². The predicted molar refractivity (Wildman–Crippen MR) is 520 cm³/mol. The number of aromatic hydroxyl groups is 4. The summed E-state index contributed by atoms with van der Waals surface area (Å²) in [4.78, 5) is 0. The lowest BCUT2D eigenvalue weighted by atomic mass is 9.75. The zero-order valence-corrected chi connectivity index (χ0v) is 77.0. The Balaban J connectivity index is 0.736. The summed E-state index contributed by atoms with van der Waals surface area (Å²) in [6.07, 6.45) is -2.30. The number of phenols is 4. The molecule has 22 rings (SSSR count). The Morgan fingerprint density at radius 1 is 0.198 bits per heavy atom. The van der Waals surface area contributed by atoms with Crippen molar-refractivity contribution < 1.29 is 75.0 Å². The molecule has 6 unspecified atom stereocenters. The first-order valence-corrected chi connectivity index (χ1v) is 54.3. The van der Waals surface area contributed by atoms with Gasteiger partial charge in [0.05, 0.1) is 68.8 Å². The maximum absolute atomic E-state index is 16.7. The number of hydrogen-bond acceptors (Lipinski definition) is 16. The van der Waals surface area contributed by atoms with Crippen molar-refractivity contribution in [2.24, 2.45) is 0 Å². The average molecular weight is 1840 g/mol. The second-order valence-electron chi connectivity index (χ2n) is 35.6. The summed E-state index contributed by atoms with van der Waals surface area (Å²) in [5, 5.41) is 56.8. The Hall–Kier alpha value is -13.1. The third kappa shape index (κ3) is 14.1. The zero-order valence-electron chi connectivity index (χ0n) is 71.7. The van der Waals surface area contributed by atoms with Crippen LogP contribution in [-0.4, -0.2) is 20.4 Å². The first-order valence-electron chi connectivity index (χ1n) is 43.4. The van der Waals surface area contributed by atoms with Gasteiger partial charge in [0.1, 0.15) is 57.5 Å². The average Bonchev–Trinajstić information content (AvgIpc) is 0.764. The number of para-hydroxylation sites is 6. The van der Waals surface area contributed by atoms with Gasteiger partial charge in [-0.3, -0.25) is 27.4 Å². The van der Waals surface area contributed by atoms with E-state index in [1.54, 1.807) is 146 Å². The van der Waals surface area contributed by atoms with E-state index in [0.717, 1.165) is 33.4 Å². The molecule has 0 fully saturated rings. The Morgan fingerprint density at radius 3 is 0.511 bits per heavy atom. The maximum atomic E-state index is 16.7. The SMILES string of the molecule is CC(C)(c1cc(Cc2cc(C(C)(C)c3cc(CP4(=O)Oc5ccccc5-c5ccccc54)c(O)c(CP4(=O)Oc5ccccc5-c5ccccc54)c3)cc(CP3(=O)Oc4ccccc4-c4ccccc43)c2O)c(O)c(CP2(=O)Oc3ccccc3-c3ccccc32)c1)c1cc(CP2(=O)Oc3ccccc3-c3ccccc32)c(O)c(CP2(=O)Oc3ccccc3-c3ccccc32)c1. The number of fused-ring (bicyclic) bond motifs is 18. The summed E-state index contributed by atoms with van der Waals surface area (Å²) in [5.74, 6) is 1.25. The lowest BCUT2D eigenvalue weighted by Gasteiger charge is -2.33. The molecule has 648 valence electrons. The molecule has 4 N–H and O–H groups in total. The largest absolute Gasteiger partial charge is 0.507 e. The fourth-order valence-corrected chi connectivity index (χ4v) is 34.2. The highest BCUT2D eigenvalue weighted by molar-refractivity contribution is 7.69. The van der Waals surface area contributed by atoms with Gasteiger partial charge in [-0.25, -0.2) is 0 Å². The minimum absolute atomic E-state index is 0.197. The summed E-state index contributed by atoms with van der Waals surface area (Å²) in [7, 11) is -24.4. The molecule has 6 heterocycles. The molecule has 0 saturated carbocycles. The topological polar surface area (TPSA) is 239 Å². The van der Waals surface area contributed by atoms with E-state index in [-0.39, 0.29) is 111 Å². The van der Waals surface area contributed by atoms with Crippen molar-refractivity contribution in [2.45, 2.75) is 81.9 Å². The number of rotatable bonds is 18. The van der Waals surface area contributed by atoms with Gasteiger partial charge in [0.15, 0.2) is 0 Å². The van der Waals surface area contributed by atoms with Crippen LogP contribution >= 0.6 is 44.2 Å². The van der Waals surface area contributed by atoms with E-state index in [4.69, 9.17) is 27.1 Å². The predicted octanol–water partition coefficient (Wildman–Crippen LogP) is 25.7. The molecule has 16 nitrogen and oxygen atoms in total. The monoisotopic (exact) mass is 1840 g/mol. The molecule has 0 aliphatic carbocycles. The van der Waals surface area contributed by atoms with Gasteiger partial charge in [-0.15, -0.1) is 0 Å². The lowest BCUT2D eigenvalue weighted by Crippen LogP contribution is -2.23. The smallest absolute Gasteiger partial charge is 0.282 e. The third-order valence-electron chi connectivity index (χ3n) is 26.8. The van der Waals surface area contributed by atoms with E-state index < -0.39 is 55.0 Å². The summed E-state index contributed by atoms with van der Waals surface area (Å²) in [6.45, 7) is 7.86. The highest BCUT2D eigenvalue weighted by Crippen LogP contribution is 2.66.